The van der Waals surface area contributed by atoms with Crippen molar-refractivity contribution in [3.63, 3.8) is 0 Å². The number of carbonyl (C=O) groups is 2. The molecule has 0 radical (unpaired) electrons. The van der Waals surface area contributed by atoms with Gasteiger partial charge in [0.2, 0.25) is 11.8 Å². The molecule has 240 valence electrons. The molecule has 2 atom stereocenters. The number of benzene rings is 2. The summed E-state index contributed by atoms with van der Waals surface area (Å²) in [6.07, 6.45) is -12.3. The number of fused-ring (bicyclic) bond motifs is 3. The molecule has 7 nitrogen and oxygen atoms in total. The number of likely N-dealkylation sites (tertiary alicyclic amines) is 2. The van der Waals surface area contributed by atoms with Gasteiger partial charge in [-0.15, -0.1) is 0 Å². The Bertz CT molecular complexity index is 1550. The molecule has 15 heteroatoms. The molecule has 2 saturated heterocycles. The van der Waals surface area contributed by atoms with Crippen molar-refractivity contribution in [2.24, 2.45) is 5.92 Å². The molecule has 44 heavy (non-hydrogen) atoms. The van der Waals surface area contributed by atoms with E-state index in [1.54, 1.807) is 11.8 Å². The van der Waals surface area contributed by atoms with Crippen LogP contribution in [0.2, 0.25) is 0 Å². The highest BCUT2D eigenvalue weighted by Crippen LogP contribution is 2.57. The average Bonchev–Trinajstić information content (AvgIpc) is 3.37. The molecule has 3 aliphatic heterocycles. The third-order valence-corrected chi connectivity index (χ3v) is 11.6. The van der Waals surface area contributed by atoms with Gasteiger partial charge in [-0.1, -0.05) is 29.8 Å². The number of carbonyl (C=O) groups excluding carboxylic acids is 2. The Morgan fingerprint density at radius 1 is 0.909 bits per heavy atom. The third kappa shape index (κ3) is 4.72. The summed E-state index contributed by atoms with van der Waals surface area (Å²) in [7, 11) is -4.48. The van der Waals surface area contributed by atoms with Crippen molar-refractivity contribution in [3.8, 4) is 5.75 Å². The number of alkyl halides is 7. The first-order valence-electron chi connectivity index (χ1n) is 13.8. The maximum Gasteiger partial charge on any atom is 0.435 e. The molecule has 0 bridgehead atoms. The van der Waals surface area contributed by atoms with Crippen LogP contribution in [-0.4, -0.2) is 74.7 Å². The van der Waals surface area contributed by atoms with Crippen molar-refractivity contribution in [3.05, 3.63) is 59.2 Å². The highest BCUT2D eigenvalue weighted by molar-refractivity contribution is 7.92. The van der Waals surface area contributed by atoms with Crippen LogP contribution in [0.15, 0.2) is 47.4 Å². The van der Waals surface area contributed by atoms with Crippen molar-refractivity contribution >= 4 is 21.7 Å². The number of amides is 2. The monoisotopic (exact) mass is 650 g/mol. The molecule has 0 spiro atoms. The third-order valence-electron chi connectivity index (χ3n) is 9.04. The minimum absolute atomic E-state index is 0.0930. The average molecular weight is 651 g/mol. The first-order chi connectivity index (χ1) is 20.4. The minimum Gasteiger partial charge on any atom is -0.491 e. The number of hydrogen-bond acceptors (Lipinski definition) is 5. The quantitative estimate of drug-likeness (QED) is 0.425. The second-order valence-electron chi connectivity index (χ2n) is 11.5. The number of aryl methyl sites for hydroxylation is 1. The number of ether oxygens (including phenoxy) is 1. The van der Waals surface area contributed by atoms with Crippen LogP contribution in [0, 0.1) is 12.8 Å². The van der Waals surface area contributed by atoms with Gasteiger partial charge in [-0.05, 0) is 44.4 Å². The first kappa shape index (κ1) is 32.0. The smallest absolute Gasteiger partial charge is 0.435 e. The summed E-state index contributed by atoms with van der Waals surface area (Å²) in [6, 6.07) is 5.81. The molecule has 3 heterocycles. The maximum atomic E-state index is 15.0. The van der Waals surface area contributed by atoms with Crippen LogP contribution in [-0.2, 0) is 29.8 Å². The Balaban J connectivity index is 1.62. The normalized spacial score (nSPS) is 23.2. The molecular weight excluding hydrogens is 621 g/mol. The molecule has 2 fully saturated rings. The van der Waals surface area contributed by atoms with Gasteiger partial charge in [-0.2, -0.15) is 26.3 Å². The lowest BCUT2D eigenvalue weighted by Gasteiger charge is -2.43. The Morgan fingerprint density at radius 3 is 2.05 bits per heavy atom. The van der Waals surface area contributed by atoms with E-state index in [-0.39, 0.29) is 47.4 Å². The van der Waals surface area contributed by atoms with E-state index in [4.69, 9.17) is 4.74 Å². The van der Waals surface area contributed by atoms with E-state index >= 15 is 0 Å². The fourth-order valence-electron chi connectivity index (χ4n) is 6.59. The van der Waals surface area contributed by atoms with Gasteiger partial charge in [0.05, 0.1) is 10.9 Å². The van der Waals surface area contributed by atoms with Gasteiger partial charge < -0.3 is 14.5 Å². The van der Waals surface area contributed by atoms with Crippen LogP contribution in [0.4, 0.5) is 30.7 Å². The Kier molecular flexibility index (Phi) is 7.74. The van der Waals surface area contributed by atoms with Crippen molar-refractivity contribution in [1.29, 1.82) is 0 Å². The summed E-state index contributed by atoms with van der Waals surface area (Å²) < 4.78 is 129. The molecule has 5 rings (SSSR count). The van der Waals surface area contributed by atoms with Gasteiger partial charge in [-0.25, -0.2) is 12.8 Å². The molecule has 2 aromatic carbocycles. The maximum absolute atomic E-state index is 15.0. The summed E-state index contributed by atoms with van der Waals surface area (Å²) in [5, 5.41) is 0. The van der Waals surface area contributed by atoms with Crippen LogP contribution in [0.5, 0.6) is 5.75 Å². The summed E-state index contributed by atoms with van der Waals surface area (Å²) in [5.41, 5.74) is -7.08. The van der Waals surface area contributed by atoms with Crippen LogP contribution in [0.25, 0.3) is 0 Å². The fraction of sp³-hybridized carbons (Fsp3) is 0.517. The lowest BCUT2D eigenvalue weighted by atomic mass is 9.84. The number of halogens is 7. The largest absolute Gasteiger partial charge is 0.491 e. The zero-order chi connectivity index (χ0) is 32.5. The molecular formula is C29H29F7N2O5S. The van der Waals surface area contributed by atoms with Crippen LogP contribution in [0.1, 0.15) is 42.9 Å². The van der Waals surface area contributed by atoms with Crippen molar-refractivity contribution in [1.82, 2.24) is 9.80 Å². The molecule has 2 unspecified atom stereocenters. The molecule has 0 aromatic heterocycles. The minimum atomic E-state index is -6.38. The zero-order valence-electron chi connectivity index (χ0n) is 23.6. The number of rotatable bonds is 4. The van der Waals surface area contributed by atoms with Gasteiger partial charge in [0.1, 0.15) is 17.1 Å². The first-order valence-corrected chi connectivity index (χ1v) is 15.3. The fourth-order valence-corrected chi connectivity index (χ4v) is 8.87. The number of sulfone groups is 1. The Hall–Kier alpha value is -3.36. The van der Waals surface area contributed by atoms with E-state index in [1.807, 2.05) is 0 Å². The van der Waals surface area contributed by atoms with Crippen molar-refractivity contribution in [2.75, 3.05) is 26.2 Å². The van der Waals surface area contributed by atoms with E-state index in [0.717, 1.165) is 11.6 Å². The molecule has 2 amide bonds. The Morgan fingerprint density at radius 2 is 1.50 bits per heavy atom. The number of nitrogens with zero attached hydrogens (tertiary/aromatic N) is 2. The topological polar surface area (TPSA) is 84.0 Å². The van der Waals surface area contributed by atoms with Crippen molar-refractivity contribution < 1.29 is 53.5 Å². The Labute approximate surface area is 248 Å². The lowest BCUT2D eigenvalue weighted by molar-refractivity contribution is -0.348. The molecule has 0 aliphatic carbocycles. The number of hydrogen-bond donors (Lipinski definition) is 0. The molecule has 0 N–H and O–H groups in total. The van der Waals surface area contributed by atoms with Gasteiger partial charge in [-0.3, -0.25) is 9.59 Å². The van der Waals surface area contributed by atoms with E-state index in [2.05, 4.69) is 0 Å². The standard InChI is InChI=1S/C29H29F7N2O5S/c1-17-3-6-21(7-4-17)44(41,42)26-11-14-38(25(40)19-9-12-37(13-10-19)18(2)39)24(26)16-43-23-15-20(5-8-22(23)26)27(30,28(31,32)33)29(34,35)36/h3-8,15,19,24H,9-14,16H2,1-2H3. The second-order valence-corrected chi connectivity index (χ2v) is 13.7. The summed E-state index contributed by atoms with van der Waals surface area (Å²) in [6.45, 7) is 3.11. The summed E-state index contributed by atoms with van der Waals surface area (Å²) >= 11 is 0. The summed E-state index contributed by atoms with van der Waals surface area (Å²) in [5.74, 6) is -1.72. The SMILES string of the molecule is CC(=O)N1CCC(C(=O)N2CCC3(S(=O)(=O)c4ccc(C)cc4)c4ccc(C(F)(C(F)(F)F)C(F)(F)F)cc4OCC23)CC1. The molecule has 2 aromatic rings. The zero-order valence-corrected chi connectivity index (χ0v) is 24.5. The van der Waals surface area contributed by atoms with Gasteiger partial charge in [0, 0.05) is 43.6 Å². The van der Waals surface area contributed by atoms with E-state index in [9.17, 15) is 48.7 Å². The molecule has 3 aliphatic rings. The van der Waals surface area contributed by atoms with Gasteiger partial charge in [0.15, 0.2) is 9.84 Å². The van der Waals surface area contributed by atoms with Gasteiger partial charge >= 0.3 is 18.0 Å². The van der Waals surface area contributed by atoms with Crippen molar-refractivity contribution in [2.45, 2.75) is 66.8 Å². The van der Waals surface area contributed by atoms with Crippen LogP contribution < -0.4 is 4.74 Å². The van der Waals surface area contributed by atoms with E-state index < -0.39 is 62.5 Å². The summed E-state index contributed by atoms with van der Waals surface area (Å²) in [4.78, 5) is 28.3. The highest BCUT2D eigenvalue weighted by Gasteiger charge is 2.74. The highest BCUT2D eigenvalue weighted by atomic mass is 32.2. The van der Waals surface area contributed by atoms with E-state index in [1.165, 1.54) is 36.1 Å². The van der Waals surface area contributed by atoms with Gasteiger partial charge in [0.25, 0.3) is 0 Å². The predicted octanol–water partition coefficient (Wildman–Crippen LogP) is 5.21. The molecule has 0 saturated carbocycles. The predicted molar refractivity (Wildman–Crippen MR) is 142 cm³/mol. The lowest BCUT2D eigenvalue weighted by Crippen LogP contribution is -2.56. The van der Waals surface area contributed by atoms with Crippen LogP contribution >= 0.6 is 0 Å². The second kappa shape index (κ2) is 10.6. The van der Waals surface area contributed by atoms with Crippen LogP contribution in [0.3, 0.4) is 0 Å². The number of piperidine rings is 1. The van der Waals surface area contributed by atoms with E-state index in [0.29, 0.717) is 25.9 Å².